The first kappa shape index (κ1) is 23.1. The molecule has 1 saturated carbocycles. The van der Waals surface area contributed by atoms with Gasteiger partial charge in [-0.2, -0.15) is 0 Å². The van der Waals surface area contributed by atoms with E-state index in [-0.39, 0.29) is 17.9 Å². The summed E-state index contributed by atoms with van der Waals surface area (Å²) in [5.74, 6) is 1.38. The molecule has 6 heteroatoms. The molecule has 0 unspecified atom stereocenters. The Morgan fingerprint density at radius 1 is 1.06 bits per heavy atom. The highest BCUT2D eigenvalue weighted by atomic mass is 16.6. The largest absolute Gasteiger partial charge is 0.486 e. The maximum atomic E-state index is 13.4. The molecule has 2 aromatic carbocycles. The van der Waals surface area contributed by atoms with E-state index in [1.165, 1.54) is 0 Å². The number of ether oxygens (including phenoxy) is 2. The van der Waals surface area contributed by atoms with Crippen molar-refractivity contribution in [1.29, 1.82) is 0 Å². The molecule has 4 rings (SSSR count). The molecule has 0 bridgehead atoms. The van der Waals surface area contributed by atoms with E-state index in [9.17, 15) is 9.59 Å². The van der Waals surface area contributed by atoms with E-state index < -0.39 is 6.04 Å². The van der Waals surface area contributed by atoms with E-state index in [2.05, 4.69) is 5.32 Å². The van der Waals surface area contributed by atoms with Crippen molar-refractivity contribution < 1.29 is 19.1 Å². The average molecular weight is 451 g/mol. The molecule has 6 nitrogen and oxygen atoms in total. The van der Waals surface area contributed by atoms with Crippen LogP contribution in [0.1, 0.15) is 55.7 Å². The summed E-state index contributed by atoms with van der Waals surface area (Å²) in [7, 11) is 0. The number of amides is 2. The monoisotopic (exact) mass is 450 g/mol. The minimum Gasteiger partial charge on any atom is -0.486 e. The van der Waals surface area contributed by atoms with Crippen LogP contribution < -0.4 is 14.8 Å². The third-order valence-corrected chi connectivity index (χ3v) is 6.70. The lowest BCUT2D eigenvalue weighted by atomic mass is 10.0. The first-order valence-electron chi connectivity index (χ1n) is 12.0. The van der Waals surface area contributed by atoms with E-state index in [4.69, 9.17) is 9.47 Å². The van der Waals surface area contributed by atoms with Crippen LogP contribution in [0, 0.1) is 6.92 Å². The van der Waals surface area contributed by atoms with Gasteiger partial charge in [-0.25, -0.2) is 0 Å². The topological polar surface area (TPSA) is 67.9 Å². The Morgan fingerprint density at radius 2 is 1.79 bits per heavy atom. The minimum atomic E-state index is -0.530. The lowest BCUT2D eigenvalue weighted by molar-refractivity contribution is -0.140. The highest BCUT2D eigenvalue weighted by Crippen LogP contribution is 2.31. The fraction of sp³-hybridized carbons (Fsp3) is 0.481. The standard InChI is InChI=1S/C27H34N2O4/c1-19-7-3-4-8-22(19)18-29(20(2)27(31)28-23-9-5-6-10-23)26(30)14-12-21-11-13-24-25(17-21)33-16-15-32-24/h3-4,7-8,11,13,17,20,23H,5-6,9-10,12,14-16,18H2,1-2H3,(H,28,31)/t20-/m0/s1. The van der Waals surface area contributed by atoms with E-state index >= 15 is 0 Å². The zero-order valence-electron chi connectivity index (χ0n) is 19.6. The maximum Gasteiger partial charge on any atom is 0.242 e. The van der Waals surface area contributed by atoms with Crippen molar-refractivity contribution in [3.8, 4) is 11.5 Å². The van der Waals surface area contributed by atoms with Crippen molar-refractivity contribution in [3.63, 3.8) is 0 Å². The molecule has 1 aliphatic carbocycles. The second-order valence-electron chi connectivity index (χ2n) is 9.09. The quantitative estimate of drug-likeness (QED) is 0.655. The average Bonchev–Trinajstić information content (AvgIpc) is 3.34. The van der Waals surface area contributed by atoms with Crippen LogP contribution in [-0.2, 0) is 22.6 Å². The number of nitrogens with one attached hydrogen (secondary N) is 1. The molecule has 2 aliphatic rings. The number of aryl methyl sites for hydroxylation is 2. The van der Waals surface area contributed by atoms with Gasteiger partial charge in [0.1, 0.15) is 19.3 Å². The highest BCUT2D eigenvalue weighted by Gasteiger charge is 2.28. The number of hydrogen-bond donors (Lipinski definition) is 1. The third kappa shape index (κ3) is 5.86. The lowest BCUT2D eigenvalue weighted by Crippen LogP contribution is -2.49. The number of carbonyl (C=O) groups is 2. The molecule has 1 aliphatic heterocycles. The van der Waals surface area contributed by atoms with Crippen molar-refractivity contribution in [3.05, 3.63) is 59.2 Å². The Bertz CT molecular complexity index is 984. The molecular formula is C27H34N2O4. The predicted octanol–water partition coefficient (Wildman–Crippen LogP) is 4.17. The van der Waals surface area contributed by atoms with Crippen molar-refractivity contribution in [1.82, 2.24) is 10.2 Å². The normalized spacial score (nSPS) is 16.3. The van der Waals surface area contributed by atoms with Crippen LogP contribution in [0.5, 0.6) is 11.5 Å². The van der Waals surface area contributed by atoms with Crippen LogP contribution in [-0.4, -0.2) is 42.0 Å². The van der Waals surface area contributed by atoms with Gasteiger partial charge in [-0.15, -0.1) is 0 Å². The van der Waals surface area contributed by atoms with Gasteiger partial charge in [0.2, 0.25) is 11.8 Å². The SMILES string of the molecule is Cc1ccccc1CN(C(=O)CCc1ccc2c(c1)OCCO2)[C@@H](C)C(=O)NC1CCCC1. The summed E-state index contributed by atoms with van der Waals surface area (Å²) in [6.45, 7) is 5.39. The minimum absolute atomic E-state index is 0.0257. The van der Waals surface area contributed by atoms with E-state index in [1.54, 1.807) is 4.90 Å². The fourth-order valence-electron chi connectivity index (χ4n) is 4.58. The molecule has 0 aromatic heterocycles. The van der Waals surface area contributed by atoms with Crippen molar-refractivity contribution in [2.75, 3.05) is 13.2 Å². The second-order valence-corrected chi connectivity index (χ2v) is 9.09. The fourth-order valence-corrected chi connectivity index (χ4v) is 4.58. The smallest absolute Gasteiger partial charge is 0.242 e. The molecule has 2 aromatic rings. The summed E-state index contributed by atoms with van der Waals surface area (Å²) in [6.07, 6.45) is 5.26. The van der Waals surface area contributed by atoms with Crippen LogP contribution in [0.25, 0.3) is 0 Å². The van der Waals surface area contributed by atoms with E-state index in [1.807, 2.05) is 56.3 Å². The van der Waals surface area contributed by atoms with Gasteiger partial charge in [0.15, 0.2) is 11.5 Å². The van der Waals surface area contributed by atoms with Gasteiger partial charge in [-0.1, -0.05) is 43.2 Å². The van der Waals surface area contributed by atoms with Crippen LogP contribution in [0.4, 0.5) is 0 Å². The molecule has 176 valence electrons. The Labute approximate surface area is 196 Å². The number of nitrogens with zero attached hydrogens (tertiary/aromatic N) is 1. The maximum absolute atomic E-state index is 13.4. The Hall–Kier alpha value is -3.02. The van der Waals surface area contributed by atoms with Crippen molar-refractivity contribution in [2.24, 2.45) is 0 Å². The van der Waals surface area contributed by atoms with Gasteiger partial charge < -0.3 is 19.7 Å². The summed E-state index contributed by atoms with van der Waals surface area (Å²) in [5, 5.41) is 3.16. The molecule has 33 heavy (non-hydrogen) atoms. The van der Waals surface area contributed by atoms with E-state index in [0.717, 1.165) is 53.9 Å². The first-order valence-corrected chi connectivity index (χ1v) is 12.0. The summed E-state index contributed by atoms with van der Waals surface area (Å²) in [5.41, 5.74) is 3.20. The van der Waals surface area contributed by atoms with Gasteiger partial charge in [0, 0.05) is 19.0 Å². The van der Waals surface area contributed by atoms with Gasteiger partial charge in [-0.05, 0) is 61.9 Å². The van der Waals surface area contributed by atoms with Gasteiger partial charge in [0.25, 0.3) is 0 Å². The number of carbonyl (C=O) groups excluding carboxylic acids is 2. The number of benzene rings is 2. The van der Waals surface area contributed by atoms with Crippen molar-refractivity contribution >= 4 is 11.8 Å². The molecule has 0 saturated heterocycles. The van der Waals surface area contributed by atoms with Crippen molar-refractivity contribution in [2.45, 2.75) is 71.0 Å². The van der Waals surface area contributed by atoms with Gasteiger partial charge >= 0.3 is 0 Å². The second kappa shape index (κ2) is 10.7. The molecule has 1 fully saturated rings. The Kier molecular flexibility index (Phi) is 7.53. The summed E-state index contributed by atoms with van der Waals surface area (Å²) in [4.78, 5) is 28.1. The Balaban J connectivity index is 1.46. The van der Waals surface area contributed by atoms with Crippen LogP contribution >= 0.6 is 0 Å². The lowest BCUT2D eigenvalue weighted by Gasteiger charge is -2.30. The van der Waals surface area contributed by atoms with E-state index in [0.29, 0.717) is 32.6 Å². The molecule has 0 spiro atoms. The van der Waals surface area contributed by atoms with Crippen LogP contribution in [0.15, 0.2) is 42.5 Å². The summed E-state index contributed by atoms with van der Waals surface area (Å²) >= 11 is 0. The van der Waals surface area contributed by atoms with Crippen LogP contribution in [0.2, 0.25) is 0 Å². The van der Waals surface area contributed by atoms with Gasteiger partial charge in [-0.3, -0.25) is 9.59 Å². The van der Waals surface area contributed by atoms with Gasteiger partial charge in [0.05, 0.1) is 0 Å². The Morgan fingerprint density at radius 3 is 2.55 bits per heavy atom. The highest BCUT2D eigenvalue weighted by molar-refractivity contribution is 5.87. The number of fused-ring (bicyclic) bond motifs is 1. The molecule has 2 amide bonds. The third-order valence-electron chi connectivity index (χ3n) is 6.70. The number of hydrogen-bond acceptors (Lipinski definition) is 4. The molecule has 0 radical (unpaired) electrons. The zero-order valence-corrected chi connectivity index (χ0v) is 19.6. The molecular weight excluding hydrogens is 416 g/mol. The zero-order chi connectivity index (χ0) is 23.2. The van der Waals surface area contributed by atoms with Crippen LogP contribution in [0.3, 0.4) is 0 Å². The molecule has 1 atom stereocenters. The first-order chi connectivity index (χ1) is 16.0. The molecule has 1 heterocycles. The summed E-state index contributed by atoms with van der Waals surface area (Å²) < 4.78 is 11.3. The molecule has 1 N–H and O–H groups in total. The predicted molar refractivity (Wildman–Crippen MR) is 127 cm³/mol. The number of rotatable bonds is 8. The summed E-state index contributed by atoms with van der Waals surface area (Å²) in [6, 6.07) is 13.6.